The van der Waals surface area contributed by atoms with Crippen LogP contribution in [0.25, 0.3) is 11.3 Å². The third kappa shape index (κ3) is 6.27. The minimum Gasteiger partial charge on any atom is -0.342 e. The Morgan fingerprint density at radius 3 is 2.61 bits per heavy atom. The van der Waals surface area contributed by atoms with Gasteiger partial charge in [-0.1, -0.05) is 65.9 Å². The molecular weight excluding hydrogens is 492 g/mol. The number of hydrogen-bond donors (Lipinski definition) is 2. The number of carbonyl (C=O) groups is 2. The van der Waals surface area contributed by atoms with Crippen molar-refractivity contribution in [3.8, 4) is 11.3 Å². The van der Waals surface area contributed by atoms with Gasteiger partial charge in [-0.3, -0.25) is 9.59 Å². The second-order valence-corrected chi connectivity index (χ2v) is 9.84. The van der Waals surface area contributed by atoms with Crippen LogP contribution in [0, 0.1) is 6.92 Å². The van der Waals surface area contributed by atoms with E-state index in [2.05, 4.69) is 32.4 Å². The summed E-state index contributed by atoms with van der Waals surface area (Å²) in [6.07, 6.45) is 1.73. The molecule has 184 valence electrons. The number of nitrogens with zero attached hydrogens (tertiary/aromatic N) is 4. The Bertz CT molecular complexity index is 1350. The molecule has 0 spiro atoms. The third-order valence-corrected chi connectivity index (χ3v) is 6.98. The van der Waals surface area contributed by atoms with Crippen LogP contribution >= 0.6 is 23.1 Å². The molecule has 0 unspecified atom stereocenters. The number of aryl methyl sites for hydroxylation is 1. The van der Waals surface area contributed by atoms with Crippen LogP contribution in [-0.4, -0.2) is 37.3 Å². The van der Waals surface area contributed by atoms with E-state index in [0.29, 0.717) is 28.2 Å². The average Bonchev–Trinajstić information content (AvgIpc) is 3.51. The zero-order valence-corrected chi connectivity index (χ0v) is 21.6. The summed E-state index contributed by atoms with van der Waals surface area (Å²) in [5, 5.41) is 17.4. The number of thiazole rings is 1. The van der Waals surface area contributed by atoms with Crippen LogP contribution in [0.2, 0.25) is 0 Å². The minimum atomic E-state index is -0.385. The summed E-state index contributed by atoms with van der Waals surface area (Å²) in [6, 6.07) is 16.7. The van der Waals surface area contributed by atoms with E-state index < -0.39 is 0 Å². The van der Waals surface area contributed by atoms with Gasteiger partial charge < -0.3 is 15.2 Å². The molecule has 0 aliphatic heterocycles. The van der Waals surface area contributed by atoms with Gasteiger partial charge in [-0.05, 0) is 26.0 Å². The molecule has 2 aromatic carbocycles. The first-order valence-electron chi connectivity index (χ1n) is 11.3. The van der Waals surface area contributed by atoms with E-state index in [1.807, 2.05) is 66.3 Å². The molecule has 0 saturated carbocycles. The molecule has 2 heterocycles. The second-order valence-electron chi connectivity index (χ2n) is 8.04. The average molecular weight is 519 g/mol. The number of thioether (sulfide) groups is 1. The van der Waals surface area contributed by atoms with E-state index in [4.69, 9.17) is 0 Å². The Hall–Kier alpha value is -3.76. The maximum atomic E-state index is 12.6. The van der Waals surface area contributed by atoms with Crippen LogP contribution in [0.15, 0.2) is 77.8 Å². The first-order chi connectivity index (χ1) is 17.4. The van der Waals surface area contributed by atoms with Crippen molar-refractivity contribution in [2.24, 2.45) is 0 Å². The molecule has 10 heteroatoms. The number of nitrogens with one attached hydrogen (secondary N) is 2. The molecule has 1 atom stereocenters. The molecule has 0 aliphatic carbocycles. The smallest absolute Gasteiger partial charge is 0.251 e. The predicted molar refractivity (Wildman–Crippen MR) is 144 cm³/mol. The number of aromatic nitrogens is 4. The van der Waals surface area contributed by atoms with Crippen molar-refractivity contribution in [3.05, 3.63) is 89.6 Å². The summed E-state index contributed by atoms with van der Waals surface area (Å²) >= 11 is 2.65. The lowest BCUT2D eigenvalue weighted by Crippen LogP contribution is -2.28. The number of anilines is 1. The van der Waals surface area contributed by atoms with E-state index >= 15 is 0 Å². The van der Waals surface area contributed by atoms with Crippen molar-refractivity contribution < 1.29 is 9.59 Å². The largest absolute Gasteiger partial charge is 0.342 e. The van der Waals surface area contributed by atoms with Crippen LogP contribution in [0.5, 0.6) is 0 Å². The van der Waals surface area contributed by atoms with Crippen molar-refractivity contribution in [1.29, 1.82) is 0 Å². The van der Waals surface area contributed by atoms with Gasteiger partial charge in [0.05, 0.1) is 17.5 Å². The summed E-state index contributed by atoms with van der Waals surface area (Å²) < 4.78 is 1.85. The first-order valence-corrected chi connectivity index (χ1v) is 13.2. The van der Waals surface area contributed by atoms with Crippen LogP contribution < -0.4 is 10.6 Å². The van der Waals surface area contributed by atoms with Gasteiger partial charge in [0.15, 0.2) is 16.1 Å². The molecule has 2 aromatic heterocycles. The molecule has 0 fully saturated rings. The van der Waals surface area contributed by atoms with Crippen LogP contribution in [0.4, 0.5) is 5.13 Å². The second kappa shape index (κ2) is 11.8. The molecule has 36 heavy (non-hydrogen) atoms. The topological polar surface area (TPSA) is 102 Å². The van der Waals surface area contributed by atoms with Crippen molar-refractivity contribution in [3.63, 3.8) is 0 Å². The van der Waals surface area contributed by atoms with E-state index in [9.17, 15) is 9.59 Å². The quantitative estimate of drug-likeness (QED) is 0.223. The molecule has 0 radical (unpaired) electrons. The molecule has 2 amide bonds. The molecule has 4 aromatic rings. The van der Waals surface area contributed by atoms with E-state index in [0.717, 1.165) is 11.3 Å². The van der Waals surface area contributed by atoms with Gasteiger partial charge in [-0.25, -0.2) is 4.98 Å². The van der Waals surface area contributed by atoms with Gasteiger partial charge in [-0.2, -0.15) is 0 Å². The summed E-state index contributed by atoms with van der Waals surface area (Å²) in [4.78, 5) is 29.7. The SMILES string of the molecule is C=CCn1c(SCC(=O)Nc2nc(-c3ccc(C)cc3)cs2)nnc1[C@@H](C)NC(=O)c1ccccc1. The maximum absolute atomic E-state index is 12.6. The molecular formula is C26H26N6O2S2. The lowest BCUT2D eigenvalue weighted by Gasteiger charge is -2.15. The molecule has 4 rings (SSSR count). The van der Waals surface area contributed by atoms with Gasteiger partial charge in [0, 0.05) is 23.1 Å². The standard InChI is InChI=1S/C26H26N6O2S2/c1-4-14-32-23(18(3)27-24(34)20-8-6-5-7-9-20)30-31-26(32)36-16-22(33)29-25-28-21(15-35-25)19-12-10-17(2)11-13-19/h4-13,15,18H,1,14,16H2,2-3H3,(H,27,34)(H,28,29,33)/t18-/m1/s1. The summed E-state index contributed by atoms with van der Waals surface area (Å²) in [5.41, 5.74) is 3.58. The molecule has 8 nitrogen and oxygen atoms in total. The first kappa shape index (κ1) is 25.3. The van der Waals surface area contributed by atoms with Crippen LogP contribution in [-0.2, 0) is 11.3 Å². The van der Waals surface area contributed by atoms with Crippen molar-refractivity contribution in [2.45, 2.75) is 31.6 Å². The number of allylic oxidation sites excluding steroid dienone is 1. The highest BCUT2D eigenvalue weighted by Gasteiger charge is 2.20. The number of rotatable bonds is 10. The highest BCUT2D eigenvalue weighted by atomic mass is 32.2. The fourth-order valence-electron chi connectivity index (χ4n) is 3.44. The Balaban J connectivity index is 1.37. The Kier molecular flexibility index (Phi) is 8.29. The van der Waals surface area contributed by atoms with Crippen molar-refractivity contribution in [2.75, 3.05) is 11.1 Å². The molecule has 0 bridgehead atoms. The Morgan fingerprint density at radius 2 is 1.89 bits per heavy atom. The van der Waals surface area contributed by atoms with Gasteiger partial charge in [-0.15, -0.1) is 28.1 Å². The summed E-state index contributed by atoms with van der Waals surface area (Å²) in [5.74, 6) is 0.340. The Morgan fingerprint density at radius 1 is 1.14 bits per heavy atom. The van der Waals surface area contributed by atoms with E-state index in [-0.39, 0.29) is 23.6 Å². The Labute approximate surface area is 217 Å². The number of hydrogen-bond acceptors (Lipinski definition) is 7. The number of benzene rings is 2. The van der Waals surface area contributed by atoms with Gasteiger partial charge >= 0.3 is 0 Å². The minimum absolute atomic E-state index is 0.138. The third-order valence-electron chi connectivity index (χ3n) is 5.26. The maximum Gasteiger partial charge on any atom is 0.251 e. The number of amides is 2. The molecule has 0 aliphatic rings. The summed E-state index contributed by atoms with van der Waals surface area (Å²) in [6.45, 7) is 8.14. The van der Waals surface area contributed by atoms with Gasteiger partial charge in [0.25, 0.3) is 5.91 Å². The van der Waals surface area contributed by atoms with Crippen molar-refractivity contribution in [1.82, 2.24) is 25.1 Å². The molecule has 2 N–H and O–H groups in total. The monoisotopic (exact) mass is 518 g/mol. The highest BCUT2D eigenvalue weighted by Crippen LogP contribution is 2.26. The van der Waals surface area contributed by atoms with Gasteiger partial charge in [0.1, 0.15) is 0 Å². The van der Waals surface area contributed by atoms with E-state index in [1.54, 1.807) is 18.2 Å². The van der Waals surface area contributed by atoms with Crippen LogP contribution in [0.3, 0.4) is 0 Å². The fraction of sp³-hybridized carbons (Fsp3) is 0.192. The number of carbonyl (C=O) groups excluding carboxylic acids is 2. The fourth-order valence-corrected chi connectivity index (χ4v) is 4.93. The summed E-state index contributed by atoms with van der Waals surface area (Å²) in [7, 11) is 0. The van der Waals surface area contributed by atoms with E-state index in [1.165, 1.54) is 28.7 Å². The molecule has 0 saturated heterocycles. The normalized spacial score (nSPS) is 11.6. The lowest BCUT2D eigenvalue weighted by molar-refractivity contribution is -0.113. The highest BCUT2D eigenvalue weighted by molar-refractivity contribution is 7.99. The lowest BCUT2D eigenvalue weighted by atomic mass is 10.1. The van der Waals surface area contributed by atoms with Gasteiger partial charge in [0.2, 0.25) is 5.91 Å². The zero-order valence-electron chi connectivity index (χ0n) is 20.0. The van der Waals surface area contributed by atoms with Crippen LogP contribution in [0.1, 0.15) is 34.7 Å². The predicted octanol–water partition coefficient (Wildman–Crippen LogP) is 5.12. The van der Waals surface area contributed by atoms with Crippen molar-refractivity contribution >= 4 is 40.0 Å². The zero-order chi connectivity index (χ0) is 25.5.